The van der Waals surface area contributed by atoms with Crippen molar-refractivity contribution >= 4 is 34.1 Å². The number of benzene rings is 1. The molecule has 1 aromatic carbocycles. The molecule has 0 unspecified atom stereocenters. The second-order valence-electron chi connectivity index (χ2n) is 5.70. The number of aromatic nitrogens is 3. The van der Waals surface area contributed by atoms with Gasteiger partial charge in [0.05, 0.1) is 5.52 Å². The van der Waals surface area contributed by atoms with Crippen molar-refractivity contribution in [3.8, 4) is 0 Å². The molecule has 0 atom stereocenters. The maximum atomic E-state index is 6.02. The van der Waals surface area contributed by atoms with Crippen molar-refractivity contribution in [2.45, 2.75) is 20.3 Å². The van der Waals surface area contributed by atoms with E-state index in [2.05, 4.69) is 25.6 Å². The zero-order valence-corrected chi connectivity index (χ0v) is 14.6. The molecule has 124 valence electrons. The molecule has 0 aliphatic carbocycles. The number of nitrogens with one attached hydrogen (secondary N) is 2. The lowest BCUT2D eigenvalue weighted by Gasteiger charge is -2.10. The Hall–Kier alpha value is -2.40. The van der Waals surface area contributed by atoms with Crippen LogP contribution in [0.2, 0.25) is 5.02 Å². The molecule has 0 fully saturated rings. The molecule has 2 heterocycles. The van der Waals surface area contributed by atoms with Gasteiger partial charge >= 0.3 is 0 Å². The highest BCUT2D eigenvalue weighted by atomic mass is 35.5. The number of nitrogens with zero attached hydrogens (tertiary/aromatic N) is 3. The highest BCUT2D eigenvalue weighted by molar-refractivity contribution is 6.31. The van der Waals surface area contributed by atoms with Gasteiger partial charge in [0, 0.05) is 46.8 Å². The quantitative estimate of drug-likeness (QED) is 0.657. The van der Waals surface area contributed by atoms with Gasteiger partial charge in [0.1, 0.15) is 0 Å². The first-order valence-electron chi connectivity index (χ1n) is 7.96. The molecule has 0 spiro atoms. The number of aryl methyl sites for hydroxylation is 2. The Balaban J connectivity index is 1.53. The van der Waals surface area contributed by atoms with Gasteiger partial charge in [-0.2, -0.15) is 0 Å². The van der Waals surface area contributed by atoms with Crippen molar-refractivity contribution in [1.29, 1.82) is 0 Å². The third-order valence-corrected chi connectivity index (χ3v) is 3.87. The molecule has 6 heteroatoms. The molecule has 0 aliphatic heterocycles. The van der Waals surface area contributed by atoms with Crippen molar-refractivity contribution in [3.05, 3.63) is 52.9 Å². The Bertz CT molecular complexity index is 830. The summed E-state index contributed by atoms with van der Waals surface area (Å²) in [4.78, 5) is 13.1. The van der Waals surface area contributed by atoms with Crippen LogP contribution in [0.4, 0.5) is 11.6 Å². The fourth-order valence-electron chi connectivity index (χ4n) is 2.59. The largest absolute Gasteiger partial charge is 0.384 e. The van der Waals surface area contributed by atoms with E-state index < -0.39 is 0 Å². The second-order valence-corrected chi connectivity index (χ2v) is 6.14. The summed E-state index contributed by atoms with van der Waals surface area (Å²) < 4.78 is 0. The van der Waals surface area contributed by atoms with Crippen molar-refractivity contribution in [1.82, 2.24) is 15.0 Å². The standard InChI is InChI=1S/C18H20ClN5/c1-12-10-13(2)24-18(23-12)22-8-3-7-20-16-6-9-21-17-11-14(19)4-5-15(16)17/h4-6,9-11H,3,7-8H2,1-2H3,(H,20,21)(H,22,23,24). The van der Waals surface area contributed by atoms with Crippen LogP contribution >= 0.6 is 11.6 Å². The van der Waals surface area contributed by atoms with Gasteiger partial charge in [-0.1, -0.05) is 11.6 Å². The molecule has 5 nitrogen and oxygen atoms in total. The summed E-state index contributed by atoms with van der Waals surface area (Å²) in [5.74, 6) is 0.691. The molecule has 0 aliphatic rings. The van der Waals surface area contributed by atoms with Crippen LogP contribution in [0.5, 0.6) is 0 Å². The fraction of sp³-hybridized carbons (Fsp3) is 0.278. The predicted molar refractivity (Wildman–Crippen MR) is 99.9 cm³/mol. The smallest absolute Gasteiger partial charge is 0.223 e. The van der Waals surface area contributed by atoms with E-state index >= 15 is 0 Å². The van der Waals surface area contributed by atoms with E-state index in [0.29, 0.717) is 11.0 Å². The summed E-state index contributed by atoms with van der Waals surface area (Å²) in [5, 5.41) is 8.49. The minimum Gasteiger partial charge on any atom is -0.384 e. The average molecular weight is 342 g/mol. The van der Waals surface area contributed by atoms with Gasteiger partial charge in [-0.05, 0) is 50.6 Å². The molecule has 3 aromatic rings. The highest BCUT2D eigenvalue weighted by Crippen LogP contribution is 2.24. The summed E-state index contributed by atoms with van der Waals surface area (Å²) in [6.45, 7) is 5.61. The van der Waals surface area contributed by atoms with Crippen LogP contribution in [0.15, 0.2) is 36.5 Å². The Morgan fingerprint density at radius 3 is 2.50 bits per heavy atom. The Labute approximate surface area is 146 Å². The predicted octanol–water partition coefficient (Wildman–Crippen LogP) is 4.21. The van der Waals surface area contributed by atoms with Gasteiger partial charge in [-0.25, -0.2) is 9.97 Å². The lowest BCUT2D eigenvalue weighted by Crippen LogP contribution is -2.11. The van der Waals surface area contributed by atoms with Crippen LogP contribution in [-0.2, 0) is 0 Å². The first kappa shape index (κ1) is 16.5. The number of fused-ring (bicyclic) bond motifs is 1. The van der Waals surface area contributed by atoms with Crippen LogP contribution in [-0.4, -0.2) is 28.0 Å². The van der Waals surface area contributed by atoms with E-state index in [1.807, 2.05) is 44.2 Å². The molecular weight excluding hydrogens is 322 g/mol. The third-order valence-electron chi connectivity index (χ3n) is 3.64. The molecule has 0 saturated heterocycles. The molecule has 2 aromatic heterocycles. The number of pyridine rings is 1. The van der Waals surface area contributed by atoms with E-state index in [4.69, 9.17) is 11.6 Å². The van der Waals surface area contributed by atoms with Gasteiger partial charge in [0.2, 0.25) is 5.95 Å². The summed E-state index contributed by atoms with van der Waals surface area (Å²) in [7, 11) is 0. The molecule has 0 saturated carbocycles. The molecule has 24 heavy (non-hydrogen) atoms. The minimum atomic E-state index is 0.691. The van der Waals surface area contributed by atoms with Gasteiger partial charge < -0.3 is 10.6 Å². The maximum absolute atomic E-state index is 6.02. The van der Waals surface area contributed by atoms with Crippen LogP contribution in [0.3, 0.4) is 0 Å². The number of rotatable bonds is 6. The molecule has 0 radical (unpaired) electrons. The maximum Gasteiger partial charge on any atom is 0.223 e. The van der Waals surface area contributed by atoms with Crippen LogP contribution < -0.4 is 10.6 Å². The molecule has 0 amide bonds. The first-order chi connectivity index (χ1) is 11.6. The number of hydrogen-bond acceptors (Lipinski definition) is 5. The van der Waals surface area contributed by atoms with Crippen LogP contribution in [0.25, 0.3) is 10.9 Å². The SMILES string of the molecule is Cc1cc(C)nc(NCCCNc2ccnc3cc(Cl)ccc23)n1. The Kier molecular flexibility index (Phi) is 5.11. The van der Waals surface area contributed by atoms with E-state index in [0.717, 1.165) is 47.5 Å². The van der Waals surface area contributed by atoms with Gasteiger partial charge in [0.25, 0.3) is 0 Å². The van der Waals surface area contributed by atoms with E-state index in [-0.39, 0.29) is 0 Å². The topological polar surface area (TPSA) is 62.7 Å². The summed E-state index contributed by atoms with van der Waals surface area (Å²) in [5.41, 5.74) is 3.92. The zero-order chi connectivity index (χ0) is 16.9. The van der Waals surface area contributed by atoms with Crippen LogP contribution in [0, 0.1) is 13.8 Å². The van der Waals surface area contributed by atoms with E-state index in [9.17, 15) is 0 Å². The molecule has 0 bridgehead atoms. The molecular formula is C18H20ClN5. The van der Waals surface area contributed by atoms with E-state index in [1.54, 1.807) is 6.20 Å². The monoisotopic (exact) mass is 341 g/mol. The molecule has 3 rings (SSSR count). The zero-order valence-electron chi connectivity index (χ0n) is 13.8. The normalized spacial score (nSPS) is 10.8. The van der Waals surface area contributed by atoms with Crippen LogP contribution in [0.1, 0.15) is 17.8 Å². The van der Waals surface area contributed by atoms with Gasteiger partial charge in [-0.3, -0.25) is 4.98 Å². The lowest BCUT2D eigenvalue weighted by atomic mass is 10.2. The van der Waals surface area contributed by atoms with Crippen molar-refractivity contribution in [2.24, 2.45) is 0 Å². The number of anilines is 2. The lowest BCUT2D eigenvalue weighted by molar-refractivity contribution is 0.889. The second kappa shape index (κ2) is 7.45. The fourth-order valence-corrected chi connectivity index (χ4v) is 2.76. The minimum absolute atomic E-state index is 0.691. The average Bonchev–Trinajstić information content (AvgIpc) is 2.53. The van der Waals surface area contributed by atoms with Gasteiger partial charge in [-0.15, -0.1) is 0 Å². The number of halogens is 1. The van der Waals surface area contributed by atoms with Crippen molar-refractivity contribution in [3.63, 3.8) is 0 Å². The number of hydrogen-bond donors (Lipinski definition) is 2. The summed E-state index contributed by atoms with van der Waals surface area (Å²) in [6, 6.07) is 9.70. The van der Waals surface area contributed by atoms with Crippen molar-refractivity contribution < 1.29 is 0 Å². The van der Waals surface area contributed by atoms with Gasteiger partial charge in [0.15, 0.2) is 0 Å². The third kappa shape index (κ3) is 4.11. The highest BCUT2D eigenvalue weighted by Gasteiger charge is 2.02. The first-order valence-corrected chi connectivity index (χ1v) is 8.34. The molecule has 2 N–H and O–H groups in total. The summed E-state index contributed by atoms with van der Waals surface area (Å²) in [6.07, 6.45) is 2.75. The Morgan fingerprint density at radius 1 is 0.958 bits per heavy atom. The summed E-state index contributed by atoms with van der Waals surface area (Å²) >= 11 is 6.02. The Morgan fingerprint density at radius 2 is 1.71 bits per heavy atom. The van der Waals surface area contributed by atoms with Crippen molar-refractivity contribution in [2.75, 3.05) is 23.7 Å². The van der Waals surface area contributed by atoms with E-state index in [1.165, 1.54) is 0 Å².